The summed E-state index contributed by atoms with van der Waals surface area (Å²) in [7, 11) is 1.96. The molecule has 114 valence electrons. The lowest BCUT2D eigenvalue weighted by atomic mass is 9.96. The summed E-state index contributed by atoms with van der Waals surface area (Å²) in [5.41, 5.74) is 8.01. The number of nitrogens with two attached hydrogens (primary N) is 1. The molecule has 0 radical (unpaired) electrons. The fraction of sp³-hybridized carbons (Fsp3) is 0.471. The SMILES string of the molecule is CCCOc1cccc(-c2nc(C(C)(C)C)n(C)c2N)c1. The third-order valence-corrected chi connectivity index (χ3v) is 3.39. The highest BCUT2D eigenvalue weighted by Crippen LogP contribution is 2.32. The molecular formula is C17H25N3O. The Kier molecular flexibility index (Phi) is 4.26. The molecule has 0 aliphatic carbocycles. The number of nitrogen functional groups attached to an aromatic ring is 1. The molecule has 4 nitrogen and oxygen atoms in total. The zero-order valence-corrected chi connectivity index (χ0v) is 13.6. The summed E-state index contributed by atoms with van der Waals surface area (Å²) < 4.78 is 7.65. The Bertz CT molecular complexity index is 623. The molecule has 0 aliphatic heterocycles. The third kappa shape index (κ3) is 3.20. The Balaban J connectivity index is 2.43. The molecule has 1 heterocycles. The summed E-state index contributed by atoms with van der Waals surface area (Å²) in [6.07, 6.45) is 0.990. The van der Waals surface area contributed by atoms with Crippen molar-refractivity contribution in [2.75, 3.05) is 12.3 Å². The molecule has 0 fully saturated rings. The molecule has 0 spiro atoms. The van der Waals surface area contributed by atoms with Gasteiger partial charge in [-0.1, -0.05) is 39.8 Å². The van der Waals surface area contributed by atoms with Gasteiger partial charge in [-0.25, -0.2) is 4.98 Å². The van der Waals surface area contributed by atoms with E-state index in [9.17, 15) is 0 Å². The summed E-state index contributed by atoms with van der Waals surface area (Å²) in [6, 6.07) is 7.96. The minimum absolute atomic E-state index is 0.0442. The van der Waals surface area contributed by atoms with Crippen LogP contribution in [-0.2, 0) is 12.5 Å². The van der Waals surface area contributed by atoms with E-state index in [0.717, 1.165) is 29.3 Å². The van der Waals surface area contributed by atoms with Gasteiger partial charge in [0.25, 0.3) is 0 Å². The molecule has 0 atom stereocenters. The predicted octanol–water partition coefficient (Wildman–Crippen LogP) is 3.76. The van der Waals surface area contributed by atoms with Crippen molar-refractivity contribution in [3.8, 4) is 17.0 Å². The average Bonchev–Trinajstić information content (AvgIpc) is 2.73. The first-order valence-corrected chi connectivity index (χ1v) is 7.40. The summed E-state index contributed by atoms with van der Waals surface area (Å²) in [4.78, 5) is 4.75. The van der Waals surface area contributed by atoms with Crippen LogP contribution in [0.25, 0.3) is 11.3 Å². The standard InChI is InChI=1S/C17H25N3O/c1-6-10-21-13-9-7-8-12(11-13)14-15(18)20(5)16(19-14)17(2,3)4/h7-9,11H,6,10,18H2,1-5H3. The van der Waals surface area contributed by atoms with E-state index in [2.05, 4.69) is 27.7 Å². The quantitative estimate of drug-likeness (QED) is 0.931. The monoisotopic (exact) mass is 287 g/mol. The second-order valence-corrected chi connectivity index (χ2v) is 6.35. The molecule has 21 heavy (non-hydrogen) atoms. The van der Waals surface area contributed by atoms with Gasteiger partial charge < -0.3 is 15.0 Å². The molecule has 0 amide bonds. The zero-order valence-electron chi connectivity index (χ0n) is 13.6. The van der Waals surface area contributed by atoms with Gasteiger partial charge in [-0.15, -0.1) is 0 Å². The van der Waals surface area contributed by atoms with E-state index in [1.54, 1.807) is 0 Å². The number of imidazole rings is 1. The maximum atomic E-state index is 6.24. The van der Waals surface area contributed by atoms with Crippen LogP contribution in [0.2, 0.25) is 0 Å². The number of ether oxygens (including phenoxy) is 1. The molecule has 1 aromatic carbocycles. The molecule has 0 unspecified atom stereocenters. The summed E-state index contributed by atoms with van der Waals surface area (Å²) >= 11 is 0. The van der Waals surface area contributed by atoms with Crippen molar-refractivity contribution in [1.82, 2.24) is 9.55 Å². The molecule has 2 rings (SSSR count). The van der Waals surface area contributed by atoms with Crippen LogP contribution in [-0.4, -0.2) is 16.2 Å². The highest BCUT2D eigenvalue weighted by Gasteiger charge is 2.23. The van der Waals surface area contributed by atoms with Gasteiger partial charge in [0.2, 0.25) is 0 Å². The number of rotatable bonds is 4. The van der Waals surface area contributed by atoms with Crippen LogP contribution in [0, 0.1) is 0 Å². The molecule has 0 aliphatic rings. The van der Waals surface area contributed by atoms with E-state index in [4.69, 9.17) is 15.5 Å². The van der Waals surface area contributed by atoms with Crippen LogP contribution in [0.5, 0.6) is 5.75 Å². The normalized spacial score (nSPS) is 11.7. The molecule has 2 N–H and O–H groups in total. The van der Waals surface area contributed by atoms with Crippen LogP contribution in [0.4, 0.5) is 5.82 Å². The van der Waals surface area contributed by atoms with Gasteiger partial charge in [0.15, 0.2) is 0 Å². The molecule has 0 bridgehead atoms. The van der Waals surface area contributed by atoms with Crippen molar-refractivity contribution in [3.05, 3.63) is 30.1 Å². The van der Waals surface area contributed by atoms with Gasteiger partial charge in [0.1, 0.15) is 23.1 Å². The van der Waals surface area contributed by atoms with Crippen LogP contribution in [0.1, 0.15) is 39.9 Å². The Hall–Kier alpha value is -1.97. The van der Waals surface area contributed by atoms with Gasteiger partial charge in [0.05, 0.1) is 6.61 Å². The smallest absolute Gasteiger partial charge is 0.131 e. The van der Waals surface area contributed by atoms with Gasteiger partial charge >= 0.3 is 0 Å². The van der Waals surface area contributed by atoms with Crippen LogP contribution >= 0.6 is 0 Å². The number of nitrogens with zero attached hydrogens (tertiary/aromatic N) is 2. The largest absolute Gasteiger partial charge is 0.494 e. The van der Waals surface area contributed by atoms with E-state index in [1.165, 1.54) is 0 Å². The van der Waals surface area contributed by atoms with E-state index in [1.807, 2.05) is 35.9 Å². The number of hydrogen-bond donors (Lipinski definition) is 1. The average molecular weight is 287 g/mol. The third-order valence-electron chi connectivity index (χ3n) is 3.39. The van der Waals surface area contributed by atoms with Gasteiger partial charge in [-0.3, -0.25) is 0 Å². The maximum Gasteiger partial charge on any atom is 0.131 e. The van der Waals surface area contributed by atoms with Crippen molar-refractivity contribution in [1.29, 1.82) is 0 Å². The van der Waals surface area contributed by atoms with Gasteiger partial charge in [0, 0.05) is 18.0 Å². The first-order valence-electron chi connectivity index (χ1n) is 7.40. The van der Waals surface area contributed by atoms with E-state index >= 15 is 0 Å². The lowest BCUT2D eigenvalue weighted by molar-refractivity contribution is 0.317. The highest BCUT2D eigenvalue weighted by molar-refractivity contribution is 5.72. The number of benzene rings is 1. The number of aromatic nitrogens is 2. The first kappa shape index (κ1) is 15.4. The molecule has 0 saturated carbocycles. The fourth-order valence-electron chi connectivity index (χ4n) is 2.35. The second-order valence-electron chi connectivity index (χ2n) is 6.35. The lowest BCUT2D eigenvalue weighted by Crippen LogP contribution is -2.17. The maximum absolute atomic E-state index is 6.24. The van der Waals surface area contributed by atoms with Crippen molar-refractivity contribution >= 4 is 5.82 Å². The summed E-state index contributed by atoms with van der Waals surface area (Å²) in [5, 5.41) is 0. The number of hydrogen-bond acceptors (Lipinski definition) is 3. The Labute approximate surface area is 127 Å². The molecule has 2 aromatic rings. The molecule has 4 heteroatoms. The van der Waals surface area contributed by atoms with Crippen LogP contribution < -0.4 is 10.5 Å². The fourth-order valence-corrected chi connectivity index (χ4v) is 2.35. The van der Waals surface area contributed by atoms with Crippen LogP contribution in [0.15, 0.2) is 24.3 Å². The van der Waals surface area contributed by atoms with E-state index in [0.29, 0.717) is 12.4 Å². The zero-order chi connectivity index (χ0) is 15.6. The molecule has 1 aromatic heterocycles. The molecule has 0 saturated heterocycles. The first-order chi connectivity index (χ1) is 9.84. The highest BCUT2D eigenvalue weighted by atomic mass is 16.5. The van der Waals surface area contributed by atoms with E-state index < -0.39 is 0 Å². The minimum Gasteiger partial charge on any atom is -0.494 e. The summed E-state index contributed by atoms with van der Waals surface area (Å²) in [5.74, 6) is 2.53. The Morgan fingerprint density at radius 1 is 1.29 bits per heavy atom. The minimum atomic E-state index is -0.0442. The topological polar surface area (TPSA) is 53.1 Å². The Morgan fingerprint density at radius 3 is 2.57 bits per heavy atom. The lowest BCUT2D eigenvalue weighted by Gasteiger charge is -2.17. The predicted molar refractivity (Wildman–Crippen MR) is 87.5 cm³/mol. The number of anilines is 1. The van der Waals surface area contributed by atoms with Gasteiger partial charge in [-0.05, 0) is 18.6 Å². The van der Waals surface area contributed by atoms with Crippen molar-refractivity contribution < 1.29 is 4.74 Å². The van der Waals surface area contributed by atoms with Crippen molar-refractivity contribution in [2.45, 2.75) is 39.5 Å². The van der Waals surface area contributed by atoms with Crippen molar-refractivity contribution in [3.63, 3.8) is 0 Å². The van der Waals surface area contributed by atoms with Crippen molar-refractivity contribution in [2.24, 2.45) is 7.05 Å². The Morgan fingerprint density at radius 2 is 2.00 bits per heavy atom. The second kappa shape index (κ2) is 5.80. The van der Waals surface area contributed by atoms with Gasteiger partial charge in [-0.2, -0.15) is 0 Å². The van der Waals surface area contributed by atoms with E-state index in [-0.39, 0.29) is 5.41 Å². The molecular weight excluding hydrogens is 262 g/mol. The summed E-state index contributed by atoms with van der Waals surface area (Å²) in [6.45, 7) is 9.22. The van der Waals surface area contributed by atoms with Crippen LogP contribution in [0.3, 0.4) is 0 Å².